The predicted octanol–water partition coefficient (Wildman–Crippen LogP) is 3.28. The van der Waals surface area contributed by atoms with Gasteiger partial charge in [0.2, 0.25) is 0 Å². The van der Waals surface area contributed by atoms with E-state index in [-0.39, 0.29) is 26.7 Å². The van der Waals surface area contributed by atoms with Crippen LogP contribution in [0.15, 0.2) is 82.6 Å². The molecule has 0 bridgehead atoms. The number of rotatable bonds is 6. The third kappa shape index (κ3) is 5.02. The number of nitrogens with one attached hydrogen (secondary N) is 2. The highest BCUT2D eigenvalue weighted by atomic mass is 32.2. The number of benzene rings is 3. The van der Waals surface area contributed by atoms with Crippen molar-refractivity contribution >= 4 is 37.1 Å². The van der Waals surface area contributed by atoms with Crippen LogP contribution in [-0.2, 0) is 19.9 Å². The summed E-state index contributed by atoms with van der Waals surface area (Å²) in [4.78, 5) is 12.4. The largest absolute Gasteiger partial charge is 0.320 e. The second-order valence-electron chi connectivity index (χ2n) is 6.36. The first kappa shape index (κ1) is 21.5. The van der Waals surface area contributed by atoms with Gasteiger partial charge >= 0.3 is 0 Å². The summed E-state index contributed by atoms with van der Waals surface area (Å²) in [5.74, 6) is -1.19. The van der Waals surface area contributed by atoms with Crippen molar-refractivity contribution in [3.63, 3.8) is 0 Å². The van der Waals surface area contributed by atoms with E-state index >= 15 is 0 Å². The maximum absolute atomic E-state index is 13.1. The molecule has 0 saturated carbocycles. The molecule has 3 aromatic carbocycles. The van der Waals surface area contributed by atoms with Crippen molar-refractivity contribution in [3.05, 3.63) is 84.2 Å². The van der Waals surface area contributed by atoms with Crippen molar-refractivity contribution < 1.29 is 26.0 Å². The van der Waals surface area contributed by atoms with Gasteiger partial charge in [0, 0.05) is 11.8 Å². The van der Waals surface area contributed by atoms with E-state index in [0.717, 1.165) is 30.5 Å². The highest BCUT2D eigenvalue weighted by Crippen LogP contribution is 2.25. The molecule has 0 atom stereocenters. The SMILES string of the molecule is CS(=O)(=O)c1cccc(C(=O)Nc2ccccc2NS(=O)(=O)c2ccc(F)cc2)c1. The fourth-order valence-electron chi connectivity index (χ4n) is 2.56. The van der Waals surface area contributed by atoms with Gasteiger partial charge in [-0.15, -0.1) is 0 Å². The smallest absolute Gasteiger partial charge is 0.261 e. The predicted molar refractivity (Wildman–Crippen MR) is 111 cm³/mol. The molecule has 0 heterocycles. The van der Waals surface area contributed by atoms with Gasteiger partial charge < -0.3 is 5.32 Å². The van der Waals surface area contributed by atoms with E-state index in [1.807, 2.05) is 0 Å². The summed E-state index contributed by atoms with van der Waals surface area (Å²) in [5.41, 5.74) is 0.349. The molecule has 156 valence electrons. The fraction of sp³-hybridized carbons (Fsp3) is 0.0500. The lowest BCUT2D eigenvalue weighted by Crippen LogP contribution is -2.17. The number of sulfonamides is 1. The van der Waals surface area contributed by atoms with Gasteiger partial charge in [0.15, 0.2) is 9.84 Å². The van der Waals surface area contributed by atoms with E-state index in [1.165, 1.54) is 36.4 Å². The van der Waals surface area contributed by atoms with Gasteiger partial charge in [-0.2, -0.15) is 0 Å². The maximum Gasteiger partial charge on any atom is 0.261 e. The zero-order chi connectivity index (χ0) is 21.9. The first-order valence-electron chi connectivity index (χ1n) is 8.55. The van der Waals surface area contributed by atoms with Gasteiger partial charge in [0.1, 0.15) is 5.82 Å². The minimum Gasteiger partial charge on any atom is -0.320 e. The monoisotopic (exact) mass is 448 g/mol. The number of hydrogen-bond donors (Lipinski definition) is 2. The summed E-state index contributed by atoms with van der Waals surface area (Å²) in [5, 5.41) is 2.57. The van der Waals surface area contributed by atoms with Crippen LogP contribution in [0, 0.1) is 5.82 Å². The Morgan fingerprint density at radius 1 is 0.800 bits per heavy atom. The van der Waals surface area contributed by atoms with Crippen molar-refractivity contribution in [2.45, 2.75) is 9.79 Å². The number of halogens is 1. The molecule has 0 aliphatic carbocycles. The van der Waals surface area contributed by atoms with E-state index in [9.17, 15) is 26.0 Å². The van der Waals surface area contributed by atoms with Gasteiger partial charge in [-0.25, -0.2) is 21.2 Å². The molecule has 10 heteroatoms. The van der Waals surface area contributed by atoms with Crippen LogP contribution in [0.2, 0.25) is 0 Å². The number of sulfone groups is 1. The van der Waals surface area contributed by atoms with Gasteiger partial charge in [-0.05, 0) is 54.6 Å². The molecule has 0 aliphatic rings. The minimum absolute atomic E-state index is 0.0135. The van der Waals surface area contributed by atoms with Crippen molar-refractivity contribution in [1.82, 2.24) is 0 Å². The van der Waals surface area contributed by atoms with Gasteiger partial charge in [0.05, 0.1) is 21.2 Å². The summed E-state index contributed by atoms with van der Waals surface area (Å²) in [6.45, 7) is 0. The first-order valence-corrected chi connectivity index (χ1v) is 11.9. The molecule has 0 radical (unpaired) electrons. The van der Waals surface area contributed by atoms with E-state index in [4.69, 9.17) is 0 Å². The van der Waals surface area contributed by atoms with Crippen LogP contribution in [0.1, 0.15) is 10.4 Å². The third-order valence-corrected chi connectivity index (χ3v) is 6.56. The van der Waals surface area contributed by atoms with Crippen molar-refractivity contribution in [1.29, 1.82) is 0 Å². The van der Waals surface area contributed by atoms with Crippen LogP contribution in [-0.4, -0.2) is 29.0 Å². The molecule has 0 saturated heterocycles. The Bertz CT molecular complexity index is 1310. The van der Waals surface area contributed by atoms with Gasteiger partial charge in [0.25, 0.3) is 15.9 Å². The number of para-hydroxylation sites is 2. The quantitative estimate of drug-likeness (QED) is 0.601. The number of carbonyl (C=O) groups excluding carboxylic acids is 1. The molecule has 30 heavy (non-hydrogen) atoms. The molecular weight excluding hydrogens is 431 g/mol. The van der Waals surface area contributed by atoms with Crippen LogP contribution < -0.4 is 10.0 Å². The van der Waals surface area contributed by atoms with E-state index in [0.29, 0.717) is 0 Å². The molecule has 2 N–H and O–H groups in total. The van der Waals surface area contributed by atoms with Gasteiger partial charge in [-0.1, -0.05) is 18.2 Å². The zero-order valence-corrected chi connectivity index (χ0v) is 17.3. The summed E-state index contributed by atoms with van der Waals surface area (Å²) in [6.07, 6.45) is 1.03. The molecule has 3 aromatic rings. The third-order valence-electron chi connectivity index (χ3n) is 4.07. The Morgan fingerprint density at radius 3 is 2.07 bits per heavy atom. The van der Waals surface area contributed by atoms with Crippen molar-refractivity contribution in [2.75, 3.05) is 16.3 Å². The summed E-state index contributed by atoms with van der Waals surface area (Å²) in [7, 11) is -7.52. The minimum atomic E-state index is -4.03. The van der Waals surface area contributed by atoms with Crippen LogP contribution >= 0.6 is 0 Å². The van der Waals surface area contributed by atoms with Crippen molar-refractivity contribution in [3.8, 4) is 0 Å². The summed E-state index contributed by atoms with van der Waals surface area (Å²) in [6, 6.07) is 15.9. The Morgan fingerprint density at radius 2 is 1.43 bits per heavy atom. The number of anilines is 2. The lowest BCUT2D eigenvalue weighted by atomic mass is 10.2. The summed E-state index contributed by atoms with van der Waals surface area (Å²) < 4.78 is 64.0. The molecule has 1 amide bonds. The Labute approximate surface area is 173 Å². The summed E-state index contributed by atoms with van der Waals surface area (Å²) >= 11 is 0. The van der Waals surface area contributed by atoms with Crippen LogP contribution in [0.25, 0.3) is 0 Å². The van der Waals surface area contributed by atoms with Crippen LogP contribution in [0.5, 0.6) is 0 Å². The van der Waals surface area contributed by atoms with E-state index in [2.05, 4.69) is 10.0 Å². The molecule has 3 rings (SSSR count). The molecule has 0 fully saturated rings. The first-order chi connectivity index (χ1) is 14.1. The Kier molecular flexibility index (Phi) is 5.90. The molecule has 0 unspecified atom stereocenters. The Balaban J connectivity index is 1.87. The number of amides is 1. The molecule has 0 spiro atoms. The van der Waals surface area contributed by atoms with Crippen LogP contribution in [0.4, 0.5) is 15.8 Å². The molecule has 0 aromatic heterocycles. The average molecular weight is 448 g/mol. The normalized spacial score (nSPS) is 11.7. The Hall–Kier alpha value is -3.24. The topological polar surface area (TPSA) is 109 Å². The lowest BCUT2D eigenvalue weighted by Gasteiger charge is -2.14. The van der Waals surface area contributed by atoms with E-state index < -0.39 is 31.6 Å². The second-order valence-corrected chi connectivity index (χ2v) is 10.1. The number of hydrogen-bond acceptors (Lipinski definition) is 5. The highest BCUT2D eigenvalue weighted by molar-refractivity contribution is 7.92. The molecular formula is C20H17FN2O5S2. The highest BCUT2D eigenvalue weighted by Gasteiger charge is 2.18. The molecule has 7 nitrogen and oxygen atoms in total. The zero-order valence-electron chi connectivity index (χ0n) is 15.7. The number of carbonyl (C=O) groups is 1. The van der Waals surface area contributed by atoms with Gasteiger partial charge in [-0.3, -0.25) is 9.52 Å². The molecule has 0 aliphatic heterocycles. The van der Waals surface area contributed by atoms with Crippen LogP contribution in [0.3, 0.4) is 0 Å². The van der Waals surface area contributed by atoms with E-state index in [1.54, 1.807) is 12.1 Å². The van der Waals surface area contributed by atoms with Crippen molar-refractivity contribution in [2.24, 2.45) is 0 Å². The average Bonchev–Trinajstić information content (AvgIpc) is 2.69. The standard InChI is InChI=1S/C20H17FN2O5S2/c1-29(25,26)17-6-4-5-14(13-17)20(24)22-18-7-2-3-8-19(18)23-30(27,28)16-11-9-15(21)10-12-16/h2-13,23H,1H3,(H,22,24). The fourth-order valence-corrected chi connectivity index (χ4v) is 4.31. The maximum atomic E-state index is 13.1. The lowest BCUT2D eigenvalue weighted by molar-refractivity contribution is 0.102. The second kappa shape index (κ2) is 8.25.